The molecule has 0 spiro atoms. The molecule has 5 nitrogen and oxygen atoms in total. The Labute approximate surface area is 132 Å². The average molecular weight is 307 g/mol. The molecule has 0 aliphatic carbocycles. The summed E-state index contributed by atoms with van der Waals surface area (Å²) in [7, 11) is 0. The highest BCUT2D eigenvalue weighted by molar-refractivity contribution is 5.70. The van der Waals surface area contributed by atoms with Crippen molar-refractivity contribution in [1.82, 2.24) is 5.32 Å². The number of esters is 2. The molecule has 1 aromatic rings. The first kappa shape index (κ1) is 18.2. The molecule has 0 unspecified atom stereocenters. The highest BCUT2D eigenvalue weighted by atomic mass is 16.6. The van der Waals surface area contributed by atoms with Crippen molar-refractivity contribution in [3.63, 3.8) is 0 Å². The minimum atomic E-state index is -0.460. The predicted molar refractivity (Wildman–Crippen MR) is 84.2 cm³/mol. The average Bonchev–Trinajstić information content (AvgIpc) is 2.44. The number of rotatable bonds is 8. The van der Waals surface area contributed by atoms with E-state index in [1.54, 1.807) is 0 Å². The molecule has 0 fully saturated rings. The predicted octanol–water partition coefficient (Wildman–Crippen LogP) is 2.44. The van der Waals surface area contributed by atoms with E-state index in [4.69, 9.17) is 9.47 Å². The standard InChI is InChI=1S/C17H25NO4/c1-17(2,3)22-16(20)10-12-18-11-9-15(19)21-13-14-7-5-4-6-8-14/h4-8,18H,9-13H2,1-3H3. The summed E-state index contributed by atoms with van der Waals surface area (Å²) in [5.74, 6) is -0.500. The van der Waals surface area contributed by atoms with Crippen molar-refractivity contribution in [2.75, 3.05) is 13.1 Å². The van der Waals surface area contributed by atoms with Crippen LogP contribution in [0.3, 0.4) is 0 Å². The fourth-order valence-corrected chi connectivity index (χ4v) is 1.71. The summed E-state index contributed by atoms with van der Waals surface area (Å²) in [5, 5.41) is 3.03. The summed E-state index contributed by atoms with van der Waals surface area (Å²) in [6.45, 7) is 6.76. The lowest BCUT2D eigenvalue weighted by molar-refractivity contribution is -0.154. The fourth-order valence-electron chi connectivity index (χ4n) is 1.71. The number of carbonyl (C=O) groups excluding carboxylic acids is 2. The molecule has 0 heterocycles. The first-order valence-corrected chi connectivity index (χ1v) is 7.49. The van der Waals surface area contributed by atoms with Crippen molar-refractivity contribution >= 4 is 11.9 Å². The van der Waals surface area contributed by atoms with Crippen molar-refractivity contribution in [2.45, 2.75) is 45.8 Å². The van der Waals surface area contributed by atoms with E-state index in [1.165, 1.54) is 0 Å². The van der Waals surface area contributed by atoms with E-state index in [0.29, 0.717) is 13.1 Å². The minimum Gasteiger partial charge on any atom is -0.461 e. The van der Waals surface area contributed by atoms with Crippen molar-refractivity contribution < 1.29 is 19.1 Å². The van der Waals surface area contributed by atoms with Crippen LogP contribution in [0.1, 0.15) is 39.2 Å². The number of nitrogens with one attached hydrogen (secondary N) is 1. The molecular weight excluding hydrogens is 282 g/mol. The highest BCUT2D eigenvalue weighted by Gasteiger charge is 2.15. The molecule has 5 heteroatoms. The molecule has 122 valence electrons. The Hall–Kier alpha value is -1.88. The lowest BCUT2D eigenvalue weighted by Crippen LogP contribution is -2.27. The molecule has 0 saturated carbocycles. The zero-order valence-corrected chi connectivity index (χ0v) is 13.6. The molecule has 0 atom stereocenters. The molecule has 0 saturated heterocycles. The Morgan fingerprint density at radius 1 is 1.00 bits per heavy atom. The number of benzene rings is 1. The van der Waals surface area contributed by atoms with Gasteiger partial charge in [-0.3, -0.25) is 9.59 Å². The molecule has 1 aromatic carbocycles. The van der Waals surface area contributed by atoms with Crippen LogP contribution < -0.4 is 5.32 Å². The zero-order chi connectivity index (χ0) is 16.4. The summed E-state index contributed by atoms with van der Waals surface area (Å²) in [5.41, 5.74) is 0.506. The maximum Gasteiger partial charge on any atom is 0.307 e. The second kappa shape index (κ2) is 9.20. The van der Waals surface area contributed by atoms with E-state index in [1.807, 2.05) is 51.1 Å². The van der Waals surface area contributed by atoms with E-state index in [2.05, 4.69) is 5.32 Å². The van der Waals surface area contributed by atoms with Crippen LogP contribution in [0.25, 0.3) is 0 Å². The van der Waals surface area contributed by atoms with Crippen LogP contribution in [0.5, 0.6) is 0 Å². The summed E-state index contributed by atoms with van der Waals surface area (Å²) in [6, 6.07) is 9.54. The minimum absolute atomic E-state index is 0.244. The zero-order valence-electron chi connectivity index (χ0n) is 13.6. The molecule has 0 aliphatic heterocycles. The van der Waals surface area contributed by atoms with Gasteiger partial charge in [0, 0.05) is 13.1 Å². The lowest BCUT2D eigenvalue weighted by atomic mass is 10.2. The van der Waals surface area contributed by atoms with Gasteiger partial charge in [-0.15, -0.1) is 0 Å². The molecule has 0 radical (unpaired) electrons. The van der Waals surface area contributed by atoms with Gasteiger partial charge in [0.2, 0.25) is 0 Å². The Morgan fingerprint density at radius 3 is 2.18 bits per heavy atom. The van der Waals surface area contributed by atoms with Crippen LogP contribution >= 0.6 is 0 Å². The van der Waals surface area contributed by atoms with Gasteiger partial charge in [0.1, 0.15) is 12.2 Å². The fraction of sp³-hybridized carbons (Fsp3) is 0.529. The van der Waals surface area contributed by atoms with Crippen LogP contribution in [0.15, 0.2) is 30.3 Å². The normalized spacial score (nSPS) is 11.0. The third-order valence-electron chi connectivity index (χ3n) is 2.67. The largest absolute Gasteiger partial charge is 0.461 e. The van der Waals surface area contributed by atoms with Crippen LogP contribution in [-0.4, -0.2) is 30.6 Å². The van der Waals surface area contributed by atoms with Gasteiger partial charge in [0.25, 0.3) is 0 Å². The Balaban J connectivity index is 2.04. The lowest BCUT2D eigenvalue weighted by Gasteiger charge is -2.19. The highest BCUT2D eigenvalue weighted by Crippen LogP contribution is 2.07. The first-order chi connectivity index (χ1) is 10.4. The van der Waals surface area contributed by atoms with Gasteiger partial charge in [-0.2, -0.15) is 0 Å². The first-order valence-electron chi connectivity index (χ1n) is 7.49. The third-order valence-corrected chi connectivity index (χ3v) is 2.67. The monoisotopic (exact) mass is 307 g/mol. The van der Waals surface area contributed by atoms with E-state index in [9.17, 15) is 9.59 Å². The van der Waals surface area contributed by atoms with Crippen molar-refractivity contribution in [1.29, 1.82) is 0 Å². The number of hydrogen-bond donors (Lipinski definition) is 1. The molecule has 0 bridgehead atoms. The molecular formula is C17H25NO4. The third kappa shape index (κ3) is 9.13. The van der Waals surface area contributed by atoms with Gasteiger partial charge < -0.3 is 14.8 Å². The molecule has 0 amide bonds. The van der Waals surface area contributed by atoms with Gasteiger partial charge in [-0.25, -0.2) is 0 Å². The number of ether oxygens (including phenoxy) is 2. The van der Waals surface area contributed by atoms with E-state index < -0.39 is 5.60 Å². The molecule has 0 aliphatic rings. The van der Waals surface area contributed by atoms with Gasteiger partial charge >= 0.3 is 11.9 Å². The van der Waals surface area contributed by atoms with Crippen molar-refractivity contribution in [3.8, 4) is 0 Å². The molecule has 1 rings (SSSR count). The summed E-state index contributed by atoms with van der Waals surface area (Å²) < 4.78 is 10.3. The molecule has 1 N–H and O–H groups in total. The smallest absolute Gasteiger partial charge is 0.307 e. The summed E-state index contributed by atoms with van der Waals surface area (Å²) in [6.07, 6.45) is 0.567. The number of carbonyl (C=O) groups is 2. The quantitative estimate of drug-likeness (QED) is 0.590. The van der Waals surface area contributed by atoms with E-state index in [-0.39, 0.29) is 31.4 Å². The maximum absolute atomic E-state index is 11.5. The van der Waals surface area contributed by atoms with Crippen LogP contribution in [0, 0.1) is 0 Å². The second-order valence-corrected chi connectivity index (χ2v) is 5.98. The van der Waals surface area contributed by atoms with Crippen molar-refractivity contribution in [3.05, 3.63) is 35.9 Å². The Bertz CT molecular complexity index is 465. The second-order valence-electron chi connectivity index (χ2n) is 5.98. The SMILES string of the molecule is CC(C)(C)OC(=O)CCNCCC(=O)OCc1ccccc1. The summed E-state index contributed by atoms with van der Waals surface area (Å²) >= 11 is 0. The maximum atomic E-state index is 11.5. The Morgan fingerprint density at radius 2 is 1.59 bits per heavy atom. The van der Waals surface area contributed by atoms with Gasteiger partial charge in [-0.1, -0.05) is 30.3 Å². The molecule has 22 heavy (non-hydrogen) atoms. The van der Waals surface area contributed by atoms with Gasteiger partial charge in [-0.05, 0) is 26.3 Å². The molecule has 0 aromatic heterocycles. The van der Waals surface area contributed by atoms with Crippen LogP contribution in [-0.2, 0) is 25.7 Å². The van der Waals surface area contributed by atoms with Crippen LogP contribution in [0.4, 0.5) is 0 Å². The summed E-state index contributed by atoms with van der Waals surface area (Å²) in [4.78, 5) is 23.0. The topological polar surface area (TPSA) is 64.6 Å². The van der Waals surface area contributed by atoms with Gasteiger partial charge in [0.15, 0.2) is 0 Å². The van der Waals surface area contributed by atoms with E-state index >= 15 is 0 Å². The number of hydrogen-bond acceptors (Lipinski definition) is 5. The Kier molecular flexibility index (Phi) is 7.60. The van der Waals surface area contributed by atoms with Crippen molar-refractivity contribution in [2.24, 2.45) is 0 Å². The van der Waals surface area contributed by atoms with E-state index in [0.717, 1.165) is 5.56 Å². The van der Waals surface area contributed by atoms with Gasteiger partial charge in [0.05, 0.1) is 12.8 Å². The van der Waals surface area contributed by atoms with Crippen LogP contribution in [0.2, 0.25) is 0 Å².